The molecule has 1 spiro atoms. The smallest absolute Gasteiger partial charge is 0.180 e. The molecule has 3 aromatic carbocycles. The molecule has 5 heteroatoms. The largest absolute Gasteiger partial charge is 0.352 e. The van der Waals surface area contributed by atoms with Crippen LogP contribution >= 0.6 is 0 Å². The summed E-state index contributed by atoms with van der Waals surface area (Å²) in [5.74, 6) is -1.73. The molecule has 6 rings (SSSR count). The van der Waals surface area contributed by atoms with Crippen LogP contribution in [0.5, 0.6) is 0 Å². The highest BCUT2D eigenvalue weighted by molar-refractivity contribution is 6.32. The van der Waals surface area contributed by atoms with Crippen molar-refractivity contribution in [1.29, 1.82) is 0 Å². The van der Waals surface area contributed by atoms with Crippen molar-refractivity contribution in [2.75, 3.05) is 4.90 Å². The quantitative estimate of drug-likeness (QED) is 0.506. The molecule has 1 aliphatic carbocycles. The molecule has 0 amide bonds. The van der Waals surface area contributed by atoms with Gasteiger partial charge in [-0.1, -0.05) is 66.2 Å². The van der Waals surface area contributed by atoms with Crippen LogP contribution in [0.15, 0.2) is 72.8 Å². The molecular formula is C29H22FNO3. The third kappa shape index (κ3) is 2.50. The Kier molecular flexibility index (Phi) is 4.31. The first-order valence-electron chi connectivity index (χ1n) is 11.4. The maximum absolute atomic E-state index is 14.2. The second-order valence-corrected chi connectivity index (χ2v) is 9.43. The van der Waals surface area contributed by atoms with Crippen LogP contribution in [0.1, 0.15) is 50.2 Å². The van der Waals surface area contributed by atoms with E-state index in [2.05, 4.69) is 0 Å². The average molecular weight is 451 g/mol. The zero-order chi connectivity index (χ0) is 23.8. The lowest BCUT2D eigenvalue weighted by Crippen LogP contribution is -2.48. The van der Waals surface area contributed by atoms with Gasteiger partial charge in [-0.25, -0.2) is 4.39 Å². The Bertz CT molecular complexity index is 1390. The summed E-state index contributed by atoms with van der Waals surface area (Å²) >= 11 is 0. The normalized spacial score (nSPS) is 23.7. The highest BCUT2D eigenvalue weighted by Gasteiger charge is 2.71. The molecule has 4 nitrogen and oxygen atoms in total. The minimum atomic E-state index is -1.49. The summed E-state index contributed by atoms with van der Waals surface area (Å²) in [5, 5.41) is 0. The summed E-state index contributed by atoms with van der Waals surface area (Å²) in [6.45, 7) is 3.47. The van der Waals surface area contributed by atoms with Gasteiger partial charge in [-0.15, -0.1) is 0 Å². The number of rotatable bonds is 2. The molecule has 1 fully saturated rings. The van der Waals surface area contributed by atoms with E-state index in [-0.39, 0.29) is 23.2 Å². The van der Waals surface area contributed by atoms with E-state index in [1.807, 2.05) is 36.1 Å². The Morgan fingerprint density at radius 2 is 1.59 bits per heavy atom. The van der Waals surface area contributed by atoms with Crippen LogP contribution in [0.2, 0.25) is 0 Å². The Balaban J connectivity index is 1.68. The number of carbonyl (C=O) groups excluding carboxylic acids is 3. The van der Waals surface area contributed by atoms with Crippen LogP contribution in [0, 0.1) is 18.2 Å². The van der Waals surface area contributed by atoms with Crippen LogP contribution in [0.25, 0.3) is 6.08 Å². The molecule has 0 aromatic heterocycles. The summed E-state index contributed by atoms with van der Waals surface area (Å²) in [4.78, 5) is 43.6. The molecule has 3 aliphatic rings. The van der Waals surface area contributed by atoms with E-state index < -0.39 is 23.4 Å². The van der Waals surface area contributed by atoms with Gasteiger partial charge < -0.3 is 4.90 Å². The van der Waals surface area contributed by atoms with Crippen molar-refractivity contribution in [1.82, 2.24) is 0 Å². The molecule has 1 saturated heterocycles. The van der Waals surface area contributed by atoms with Crippen LogP contribution in [-0.2, 0) is 4.79 Å². The molecule has 0 unspecified atom stereocenters. The summed E-state index contributed by atoms with van der Waals surface area (Å²) in [5.41, 5.74) is 2.39. The SMILES string of the molecule is CC(=O)[C@@H]1[C@@H](c2ccc(C)cc2)C2(C(=O)c3ccccc3C2=O)[C@H]2C=Cc3cc(F)ccc3N12. The summed E-state index contributed by atoms with van der Waals surface area (Å²) in [6.07, 6.45) is 3.56. The fourth-order valence-corrected chi connectivity index (χ4v) is 6.25. The lowest BCUT2D eigenvalue weighted by molar-refractivity contribution is -0.118. The second-order valence-electron chi connectivity index (χ2n) is 9.43. The maximum Gasteiger partial charge on any atom is 0.180 e. The number of hydrogen-bond donors (Lipinski definition) is 0. The topological polar surface area (TPSA) is 54.5 Å². The van der Waals surface area contributed by atoms with Crippen molar-refractivity contribution < 1.29 is 18.8 Å². The molecule has 0 radical (unpaired) electrons. The van der Waals surface area contributed by atoms with E-state index in [1.54, 1.807) is 42.5 Å². The van der Waals surface area contributed by atoms with Crippen molar-refractivity contribution in [3.05, 3.63) is 106 Å². The minimum absolute atomic E-state index is 0.144. The lowest BCUT2D eigenvalue weighted by Gasteiger charge is -2.37. The highest BCUT2D eigenvalue weighted by Crippen LogP contribution is 2.60. The van der Waals surface area contributed by atoms with E-state index in [0.29, 0.717) is 22.4 Å². The van der Waals surface area contributed by atoms with Crippen LogP contribution in [-0.4, -0.2) is 29.4 Å². The summed E-state index contributed by atoms with van der Waals surface area (Å²) in [6, 6.07) is 17.6. The van der Waals surface area contributed by atoms with Crippen molar-refractivity contribution in [2.24, 2.45) is 5.41 Å². The average Bonchev–Trinajstić information content (AvgIpc) is 3.26. The molecule has 3 atom stereocenters. The molecule has 0 bridgehead atoms. The number of fused-ring (bicyclic) bond motifs is 5. The Morgan fingerprint density at radius 3 is 2.21 bits per heavy atom. The molecule has 3 aromatic rings. The first kappa shape index (κ1) is 20.7. The predicted molar refractivity (Wildman–Crippen MR) is 128 cm³/mol. The Labute approximate surface area is 196 Å². The van der Waals surface area contributed by atoms with Gasteiger partial charge in [0.15, 0.2) is 17.3 Å². The van der Waals surface area contributed by atoms with Gasteiger partial charge >= 0.3 is 0 Å². The van der Waals surface area contributed by atoms with Crippen LogP contribution in [0.3, 0.4) is 0 Å². The fraction of sp³-hybridized carbons (Fsp3) is 0.207. The molecule has 168 valence electrons. The molecular weight excluding hydrogens is 429 g/mol. The zero-order valence-electron chi connectivity index (χ0n) is 18.8. The molecule has 34 heavy (non-hydrogen) atoms. The molecule has 0 N–H and O–H groups in total. The number of Topliss-reactive ketones (excluding diaryl/α,β-unsaturated/α-hetero) is 3. The number of aryl methyl sites for hydroxylation is 1. The molecule has 2 aliphatic heterocycles. The zero-order valence-corrected chi connectivity index (χ0v) is 18.8. The maximum atomic E-state index is 14.2. The number of nitrogens with zero attached hydrogens (tertiary/aromatic N) is 1. The minimum Gasteiger partial charge on any atom is -0.352 e. The highest BCUT2D eigenvalue weighted by atomic mass is 19.1. The number of ketones is 3. The fourth-order valence-electron chi connectivity index (χ4n) is 6.25. The van der Waals surface area contributed by atoms with Crippen molar-refractivity contribution in [2.45, 2.75) is 31.8 Å². The first-order valence-corrected chi connectivity index (χ1v) is 11.4. The van der Waals surface area contributed by atoms with Crippen molar-refractivity contribution >= 4 is 29.1 Å². The lowest BCUT2D eigenvalue weighted by atomic mass is 9.64. The van der Waals surface area contributed by atoms with Gasteiger partial charge in [-0.3, -0.25) is 14.4 Å². The van der Waals surface area contributed by atoms with Gasteiger partial charge in [0.1, 0.15) is 11.2 Å². The molecule has 0 saturated carbocycles. The van der Waals surface area contributed by atoms with Gasteiger partial charge in [0.2, 0.25) is 0 Å². The monoisotopic (exact) mass is 451 g/mol. The number of hydrogen-bond acceptors (Lipinski definition) is 4. The van der Waals surface area contributed by atoms with Gasteiger partial charge in [-0.05, 0) is 37.6 Å². The standard InChI is InChI=1S/C29H22FNO3/c1-16-7-9-18(10-8-16)25-26(17(2)32)31-23-13-12-20(30)15-19(23)11-14-24(31)29(25)27(33)21-5-3-4-6-22(21)28(29)34/h3-15,24-26H,1-2H3/t24-,25-,26-/m1/s1. The van der Waals surface area contributed by atoms with Crippen molar-refractivity contribution in [3.8, 4) is 0 Å². The van der Waals surface area contributed by atoms with E-state index in [1.165, 1.54) is 19.1 Å². The number of halogens is 1. The van der Waals surface area contributed by atoms with Crippen LogP contribution < -0.4 is 4.90 Å². The number of benzene rings is 3. The van der Waals surface area contributed by atoms with E-state index in [0.717, 1.165) is 11.1 Å². The van der Waals surface area contributed by atoms with E-state index in [4.69, 9.17) is 0 Å². The predicted octanol–water partition coefficient (Wildman–Crippen LogP) is 5.16. The van der Waals surface area contributed by atoms with Gasteiger partial charge in [0.25, 0.3) is 0 Å². The van der Waals surface area contributed by atoms with Gasteiger partial charge in [0.05, 0.1) is 12.1 Å². The third-order valence-electron chi connectivity index (χ3n) is 7.62. The number of carbonyl (C=O) groups is 3. The summed E-state index contributed by atoms with van der Waals surface area (Å²) < 4.78 is 14.0. The van der Waals surface area contributed by atoms with Crippen molar-refractivity contribution in [3.63, 3.8) is 0 Å². The van der Waals surface area contributed by atoms with E-state index >= 15 is 0 Å². The molecule has 2 heterocycles. The number of anilines is 1. The summed E-state index contributed by atoms with van der Waals surface area (Å²) in [7, 11) is 0. The van der Waals surface area contributed by atoms with E-state index in [9.17, 15) is 18.8 Å². The third-order valence-corrected chi connectivity index (χ3v) is 7.62. The van der Waals surface area contributed by atoms with Gasteiger partial charge in [0, 0.05) is 28.3 Å². The van der Waals surface area contributed by atoms with Crippen LogP contribution in [0.4, 0.5) is 10.1 Å². The Hall–Kier alpha value is -3.86. The first-order chi connectivity index (χ1) is 16.4. The Morgan fingerprint density at radius 1 is 0.941 bits per heavy atom. The second kappa shape index (κ2) is 7.07. The van der Waals surface area contributed by atoms with Gasteiger partial charge in [-0.2, -0.15) is 0 Å².